The second-order valence-corrected chi connectivity index (χ2v) is 11.4. The summed E-state index contributed by atoms with van der Waals surface area (Å²) in [7, 11) is 0. The number of fused-ring (bicyclic) bond motifs is 1. The fraction of sp³-hybridized carbons (Fsp3) is 0.556. The van der Waals surface area contributed by atoms with Crippen LogP contribution in [0.4, 0.5) is 0 Å². The highest BCUT2D eigenvalue weighted by Crippen LogP contribution is 2.41. The number of aromatic nitrogens is 2. The van der Waals surface area contributed by atoms with E-state index in [1.54, 1.807) is 0 Å². The zero-order valence-corrected chi connectivity index (χ0v) is 21.1. The van der Waals surface area contributed by atoms with Crippen molar-refractivity contribution in [3.63, 3.8) is 0 Å². The summed E-state index contributed by atoms with van der Waals surface area (Å²) in [5.74, 6) is 1.30. The van der Waals surface area contributed by atoms with Crippen molar-refractivity contribution < 1.29 is 9.59 Å². The minimum Gasteiger partial charge on any atom is -0.343 e. The van der Waals surface area contributed by atoms with Crippen LogP contribution in [0.1, 0.15) is 48.2 Å². The summed E-state index contributed by atoms with van der Waals surface area (Å²) in [5, 5.41) is 0.678. The lowest BCUT2D eigenvalue weighted by Crippen LogP contribution is -2.45. The summed E-state index contributed by atoms with van der Waals surface area (Å²) in [6, 6.07) is 10.5. The van der Waals surface area contributed by atoms with Gasteiger partial charge in [0.1, 0.15) is 0 Å². The van der Waals surface area contributed by atoms with Crippen LogP contribution in [0.25, 0.3) is 0 Å². The predicted molar refractivity (Wildman–Crippen MR) is 134 cm³/mol. The van der Waals surface area contributed by atoms with Crippen LogP contribution in [-0.4, -0.2) is 63.5 Å². The molecular weight excluding hydrogens is 444 g/mol. The Hall–Kier alpha value is -2.41. The molecule has 1 spiro atoms. The lowest BCUT2D eigenvalue weighted by atomic mass is 9.77. The number of carbonyl (C=O) groups is 2. The largest absolute Gasteiger partial charge is 0.343 e. The summed E-state index contributed by atoms with van der Waals surface area (Å²) in [6.45, 7) is 7.20. The molecule has 3 heterocycles. The maximum Gasteiger partial charge on any atom is 0.233 e. The molecule has 0 N–H and O–H groups in total. The molecule has 3 aliphatic rings. The Morgan fingerprint density at radius 2 is 1.53 bits per heavy atom. The number of hydrogen-bond donors (Lipinski definition) is 0. The van der Waals surface area contributed by atoms with E-state index >= 15 is 0 Å². The molecule has 0 saturated carbocycles. The fourth-order valence-electron chi connectivity index (χ4n) is 5.93. The van der Waals surface area contributed by atoms with E-state index in [9.17, 15) is 9.59 Å². The van der Waals surface area contributed by atoms with Gasteiger partial charge in [0.25, 0.3) is 0 Å². The zero-order valence-electron chi connectivity index (χ0n) is 20.3. The van der Waals surface area contributed by atoms with Gasteiger partial charge in [0.05, 0.1) is 5.75 Å². The fourth-order valence-corrected chi connectivity index (χ4v) is 6.78. The predicted octanol–water partition coefficient (Wildman–Crippen LogP) is 3.83. The van der Waals surface area contributed by atoms with Crippen LogP contribution in [0, 0.1) is 25.2 Å². The van der Waals surface area contributed by atoms with Crippen molar-refractivity contribution in [2.45, 2.75) is 57.5 Å². The third-order valence-electron chi connectivity index (χ3n) is 7.85. The summed E-state index contributed by atoms with van der Waals surface area (Å²) in [4.78, 5) is 38.8. The standard InChI is InChI=1S/C27H34N4O2S/c1-19-13-20(2)29-26(28-19)34-17-25(33)31-12-9-27(18-31)7-10-30(11-8-27)24(32)16-21-14-22-5-3-4-6-23(22)15-21/h3-6,13,21H,7-12,14-18H2,1-2H3. The Morgan fingerprint density at radius 3 is 2.15 bits per heavy atom. The number of rotatable bonds is 5. The minimum atomic E-state index is 0.170. The molecule has 0 radical (unpaired) electrons. The molecule has 5 rings (SSSR count). The molecule has 2 saturated heterocycles. The monoisotopic (exact) mass is 478 g/mol. The van der Waals surface area contributed by atoms with Gasteiger partial charge in [-0.05, 0) is 74.5 Å². The number of amides is 2. The molecule has 2 aliphatic heterocycles. The summed E-state index contributed by atoms with van der Waals surface area (Å²) in [5.41, 5.74) is 4.87. The topological polar surface area (TPSA) is 66.4 Å². The van der Waals surface area contributed by atoms with E-state index in [1.165, 1.54) is 22.9 Å². The van der Waals surface area contributed by atoms with Crippen molar-refractivity contribution in [2.24, 2.45) is 11.3 Å². The van der Waals surface area contributed by atoms with Gasteiger partial charge >= 0.3 is 0 Å². The Balaban J connectivity index is 1.08. The van der Waals surface area contributed by atoms with Gasteiger partial charge in [-0.2, -0.15) is 0 Å². The van der Waals surface area contributed by atoms with Crippen molar-refractivity contribution in [3.8, 4) is 0 Å². The van der Waals surface area contributed by atoms with Gasteiger partial charge in [-0.25, -0.2) is 9.97 Å². The molecule has 180 valence electrons. The van der Waals surface area contributed by atoms with Crippen LogP contribution in [0.2, 0.25) is 0 Å². The Morgan fingerprint density at radius 1 is 0.941 bits per heavy atom. The Labute approximate surface area is 206 Å². The highest BCUT2D eigenvalue weighted by atomic mass is 32.2. The lowest BCUT2D eigenvalue weighted by molar-refractivity contribution is -0.135. The summed E-state index contributed by atoms with van der Waals surface area (Å²) < 4.78 is 0. The highest BCUT2D eigenvalue weighted by Gasteiger charge is 2.42. The maximum atomic E-state index is 13.0. The average Bonchev–Trinajstić information content (AvgIpc) is 3.41. The van der Waals surface area contributed by atoms with Crippen LogP contribution in [-0.2, 0) is 22.4 Å². The number of likely N-dealkylation sites (tertiary alicyclic amines) is 2. The molecule has 0 bridgehead atoms. The second-order valence-electron chi connectivity index (χ2n) is 10.4. The number of benzene rings is 1. The molecule has 2 aromatic rings. The molecule has 6 nitrogen and oxygen atoms in total. The van der Waals surface area contributed by atoms with Gasteiger partial charge in [-0.1, -0.05) is 36.0 Å². The van der Waals surface area contributed by atoms with E-state index in [4.69, 9.17) is 0 Å². The number of aryl methyl sites for hydroxylation is 2. The second kappa shape index (κ2) is 9.68. The van der Waals surface area contributed by atoms with Gasteiger partial charge in [0, 0.05) is 44.0 Å². The number of hydrogen-bond acceptors (Lipinski definition) is 5. The summed E-state index contributed by atoms with van der Waals surface area (Å²) in [6.07, 6.45) is 5.76. The molecule has 1 aliphatic carbocycles. The number of carbonyl (C=O) groups excluding carboxylic acids is 2. The third-order valence-corrected chi connectivity index (χ3v) is 8.69. The Bertz CT molecular complexity index is 1030. The average molecular weight is 479 g/mol. The van der Waals surface area contributed by atoms with Crippen LogP contribution in [0.3, 0.4) is 0 Å². The molecular formula is C27H34N4O2S. The summed E-state index contributed by atoms with van der Waals surface area (Å²) >= 11 is 1.43. The van der Waals surface area contributed by atoms with Crippen LogP contribution in [0.15, 0.2) is 35.5 Å². The quantitative estimate of drug-likeness (QED) is 0.483. The number of piperidine rings is 1. The van der Waals surface area contributed by atoms with Crippen molar-refractivity contribution in [3.05, 3.63) is 52.8 Å². The number of nitrogens with zero attached hydrogens (tertiary/aromatic N) is 4. The van der Waals surface area contributed by atoms with Gasteiger partial charge in [-0.15, -0.1) is 0 Å². The smallest absolute Gasteiger partial charge is 0.233 e. The first-order chi connectivity index (χ1) is 16.4. The highest BCUT2D eigenvalue weighted by molar-refractivity contribution is 7.99. The van der Waals surface area contributed by atoms with Crippen molar-refractivity contribution in [1.82, 2.24) is 19.8 Å². The van der Waals surface area contributed by atoms with Crippen LogP contribution < -0.4 is 0 Å². The molecule has 1 aromatic heterocycles. The van der Waals surface area contributed by atoms with E-state index in [-0.39, 0.29) is 11.3 Å². The SMILES string of the molecule is Cc1cc(C)nc(SCC(=O)N2CCC3(CCN(C(=O)CC4Cc5ccccc5C4)CC3)C2)n1. The maximum absolute atomic E-state index is 13.0. The molecule has 34 heavy (non-hydrogen) atoms. The third kappa shape index (κ3) is 5.14. The van der Waals surface area contributed by atoms with E-state index < -0.39 is 0 Å². The van der Waals surface area contributed by atoms with Crippen molar-refractivity contribution >= 4 is 23.6 Å². The van der Waals surface area contributed by atoms with Crippen LogP contribution >= 0.6 is 11.8 Å². The van der Waals surface area contributed by atoms with Crippen LogP contribution in [0.5, 0.6) is 0 Å². The molecule has 0 atom stereocenters. The number of thioether (sulfide) groups is 1. The Kier molecular flexibility index (Phi) is 6.65. The first-order valence-corrected chi connectivity index (χ1v) is 13.5. The molecule has 0 unspecified atom stereocenters. The van der Waals surface area contributed by atoms with E-state index in [0.717, 1.165) is 69.7 Å². The van der Waals surface area contributed by atoms with E-state index in [1.807, 2.05) is 24.8 Å². The normalized spacial score (nSPS) is 19.6. The van der Waals surface area contributed by atoms with Crippen molar-refractivity contribution in [1.29, 1.82) is 0 Å². The molecule has 2 amide bonds. The zero-order chi connectivity index (χ0) is 23.7. The molecule has 2 fully saturated rings. The van der Waals surface area contributed by atoms with Gasteiger partial charge in [-0.3, -0.25) is 9.59 Å². The van der Waals surface area contributed by atoms with Crippen molar-refractivity contribution in [2.75, 3.05) is 31.9 Å². The first kappa shape index (κ1) is 23.3. The van der Waals surface area contributed by atoms with E-state index in [2.05, 4.69) is 39.1 Å². The first-order valence-electron chi connectivity index (χ1n) is 12.5. The van der Waals surface area contributed by atoms with Gasteiger partial charge in [0.2, 0.25) is 11.8 Å². The lowest BCUT2D eigenvalue weighted by Gasteiger charge is -2.39. The molecule has 7 heteroatoms. The molecule has 1 aromatic carbocycles. The van der Waals surface area contributed by atoms with E-state index in [0.29, 0.717) is 29.2 Å². The minimum absolute atomic E-state index is 0.170. The van der Waals surface area contributed by atoms with Gasteiger partial charge in [0.15, 0.2) is 5.16 Å². The van der Waals surface area contributed by atoms with Gasteiger partial charge < -0.3 is 9.80 Å².